The summed E-state index contributed by atoms with van der Waals surface area (Å²) in [7, 11) is 0. The summed E-state index contributed by atoms with van der Waals surface area (Å²) in [5.41, 5.74) is 5.66. The molecule has 0 saturated carbocycles. The van der Waals surface area contributed by atoms with Crippen molar-refractivity contribution in [3.63, 3.8) is 0 Å². The number of nitrogens with one attached hydrogen (secondary N) is 1. The largest absolute Gasteiger partial charge is 0.396 e. The minimum absolute atomic E-state index is 0.190. The number of rotatable bonds is 7. The van der Waals surface area contributed by atoms with Crippen LogP contribution in [-0.4, -0.2) is 33.5 Å². The fraction of sp³-hybridized carbons (Fsp3) is 0.636. The average molecular weight is 256 g/mol. The normalized spacial score (nSPS) is 12.4. The van der Waals surface area contributed by atoms with Gasteiger partial charge in [-0.2, -0.15) is 4.98 Å². The van der Waals surface area contributed by atoms with Crippen molar-refractivity contribution in [1.82, 2.24) is 9.97 Å². The van der Waals surface area contributed by atoms with Crippen LogP contribution in [0.3, 0.4) is 0 Å². The zero-order valence-electron chi connectivity index (χ0n) is 10.3. The lowest BCUT2D eigenvalue weighted by atomic mass is 10.3. The first-order chi connectivity index (χ1) is 8.15. The molecule has 0 aliphatic heterocycles. The first-order valence-electron chi connectivity index (χ1n) is 5.81. The molecule has 0 aliphatic carbocycles. The Morgan fingerprint density at radius 2 is 2.29 bits per heavy atom. The molecule has 0 bridgehead atoms. The third-order valence-corrected chi connectivity index (χ3v) is 3.22. The fourth-order valence-electron chi connectivity index (χ4n) is 1.29. The highest BCUT2D eigenvalue weighted by molar-refractivity contribution is 7.99. The molecule has 0 saturated heterocycles. The molecule has 1 atom stereocenters. The minimum Gasteiger partial charge on any atom is -0.396 e. The quantitative estimate of drug-likeness (QED) is 0.509. The van der Waals surface area contributed by atoms with Gasteiger partial charge in [0, 0.05) is 24.5 Å². The molecule has 0 fully saturated rings. The Hall–Kier alpha value is -1.01. The Labute approximate surface area is 106 Å². The van der Waals surface area contributed by atoms with Crippen LogP contribution in [-0.2, 0) is 0 Å². The number of aliphatic hydroxyl groups is 1. The van der Waals surface area contributed by atoms with Crippen LogP contribution < -0.4 is 11.1 Å². The number of hydrogen-bond donors (Lipinski definition) is 3. The molecule has 1 unspecified atom stereocenters. The van der Waals surface area contributed by atoms with Gasteiger partial charge in [-0.3, -0.25) is 0 Å². The SMILES string of the molecule is CCCNc1cc(SC(C)CCO)nc(N)n1. The Morgan fingerprint density at radius 3 is 2.94 bits per heavy atom. The van der Waals surface area contributed by atoms with E-state index in [1.54, 1.807) is 11.8 Å². The molecule has 1 heterocycles. The predicted molar refractivity (Wildman–Crippen MR) is 72.2 cm³/mol. The van der Waals surface area contributed by atoms with Crippen LogP contribution in [0.5, 0.6) is 0 Å². The van der Waals surface area contributed by atoms with Gasteiger partial charge < -0.3 is 16.2 Å². The van der Waals surface area contributed by atoms with Gasteiger partial charge in [-0.05, 0) is 12.8 Å². The highest BCUT2D eigenvalue weighted by atomic mass is 32.2. The Kier molecular flexibility index (Phi) is 6.07. The van der Waals surface area contributed by atoms with E-state index >= 15 is 0 Å². The second kappa shape index (κ2) is 7.34. The van der Waals surface area contributed by atoms with Gasteiger partial charge >= 0.3 is 0 Å². The molecule has 5 nitrogen and oxygen atoms in total. The van der Waals surface area contributed by atoms with Crippen molar-refractivity contribution in [1.29, 1.82) is 0 Å². The number of nitrogen functional groups attached to an aromatic ring is 1. The molecule has 17 heavy (non-hydrogen) atoms. The number of anilines is 2. The third-order valence-electron chi connectivity index (χ3n) is 2.13. The Morgan fingerprint density at radius 1 is 1.53 bits per heavy atom. The fourth-order valence-corrected chi connectivity index (χ4v) is 2.26. The summed E-state index contributed by atoms with van der Waals surface area (Å²) in [6.07, 6.45) is 1.78. The second-order valence-electron chi connectivity index (χ2n) is 3.82. The van der Waals surface area contributed by atoms with Crippen LogP contribution in [0.2, 0.25) is 0 Å². The standard InChI is InChI=1S/C11H20N4OS/c1-3-5-13-9-7-10(15-11(12)14-9)17-8(2)4-6-16/h7-8,16H,3-6H2,1-2H3,(H3,12,13,14,15). The van der Waals surface area contributed by atoms with Crippen molar-refractivity contribution in [3.05, 3.63) is 6.07 Å². The number of nitrogens with two attached hydrogens (primary N) is 1. The molecular formula is C11H20N4OS. The maximum atomic E-state index is 8.86. The number of nitrogens with zero attached hydrogens (tertiary/aromatic N) is 2. The van der Waals surface area contributed by atoms with Crippen molar-refractivity contribution < 1.29 is 5.11 Å². The third kappa shape index (κ3) is 5.23. The van der Waals surface area contributed by atoms with E-state index < -0.39 is 0 Å². The highest BCUT2D eigenvalue weighted by Crippen LogP contribution is 2.25. The van der Waals surface area contributed by atoms with Gasteiger partial charge in [0.1, 0.15) is 10.8 Å². The van der Waals surface area contributed by atoms with Gasteiger partial charge in [0.2, 0.25) is 5.95 Å². The van der Waals surface area contributed by atoms with E-state index in [-0.39, 0.29) is 12.6 Å². The van der Waals surface area contributed by atoms with Crippen LogP contribution in [0, 0.1) is 0 Å². The lowest BCUT2D eigenvalue weighted by Gasteiger charge is -2.10. The zero-order chi connectivity index (χ0) is 12.7. The van der Waals surface area contributed by atoms with Crippen LogP contribution >= 0.6 is 11.8 Å². The minimum atomic E-state index is 0.190. The van der Waals surface area contributed by atoms with E-state index in [9.17, 15) is 0 Å². The van der Waals surface area contributed by atoms with Gasteiger partial charge in [-0.15, -0.1) is 11.8 Å². The first kappa shape index (κ1) is 14.1. The van der Waals surface area contributed by atoms with Crippen molar-refractivity contribution in [3.8, 4) is 0 Å². The summed E-state index contributed by atoms with van der Waals surface area (Å²) >= 11 is 1.60. The van der Waals surface area contributed by atoms with Crippen LogP contribution in [0.4, 0.5) is 11.8 Å². The molecule has 6 heteroatoms. The zero-order valence-corrected chi connectivity index (χ0v) is 11.1. The van der Waals surface area contributed by atoms with Gasteiger partial charge in [0.25, 0.3) is 0 Å². The highest BCUT2D eigenvalue weighted by Gasteiger charge is 2.07. The Balaban J connectivity index is 2.67. The van der Waals surface area contributed by atoms with Crippen LogP contribution in [0.1, 0.15) is 26.7 Å². The number of aliphatic hydroxyl groups excluding tert-OH is 1. The molecule has 4 N–H and O–H groups in total. The van der Waals surface area contributed by atoms with Gasteiger partial charge in [0.15, 0.2) is 0 Å². The number of aromatic nitrogens is 2. The summed E-state index contributed by atoms with van der Waals surface area (Å²) < 4.78 is 0. The lowest BCUT2D eigenvalue weighted by molar-refractivity contribution is 0.289. The summed E-state index contributed by atoms with van der Waals surface area (Å²) in [6, 6.07) is 1.89. The van der Waals surface area contributed by atoms with E-state index in [0.717, 1.165) is 30.2 Å². The van der Waals surface area contributed by atoms with Gasteiger partial charge in [0.05, 0.1) is 0 Å². The monoisotopic (exact) mass is 256 g/mol. The summed E-state index contributed by atoms with van der Waals surface area (Å²) in [5, 5.41) is 13.2. The maximum absolute atomic E-state index is 8.86. The van der Waals surface area contributed by atoms with E-state index in [4.69, 9.17) is 10.8 Å². The van der Waals surface area contributed by atoms with Gasteiger partial charge in [-0.25, -0.2) is 4.98 Å². The number of thioether (sulfide) groups is 1. The Bertz CT molecular complexity index is 348. The molecule has 0 aliphatic rings. The second-order valence-corrected chi connectivity index (χ2v) is 5.28. The van der Waals surface area contributed by atoms with Crippen molar-refractivity contribution in [2.24, 2.45) is 0 Å². The lowest BCUT2D eigenvalue weighted by Crippen LogP contribution is -2.06. The molecule has 0 radical (unpaired) electrons. The molecular weight excluding hydrogens is 236 g/mol. The van der Waals surface area contributed by atoms with E-state index in [1.165, 1.54) is 0 Å². The van der Waals surface area contributed by atoms with Gasteiger partial charge in [-0.1, -0.05) is 13.8 Å². The van der Waals surface area contributed by atoms with E-state index in [0.29, 0.717) is 5.25 Å². The molecule has 0 aromatic carbocycles. The maximum Gasteiger partial charge on any atom is 0.223 e. The van der Waals surface area contributed by atoms with Crippen LogP contribution in [0.25, 0.3) is 0 Å². The summed E-state index contributed by atoms with van der Waals surface area (Å²) in [5.74, 6) is 1.04. The molecule has 1 aromatic heterocycles. The predicted octanol–water partition coefficient (Wildman–Crippen LogP) is 1.74. The van der Waals surface area contributed by atoms with E-state index in [2.05, 4.69) is 29.1 Å². The van der Waals surface area contributed by atoms with E-state index in [1.807, 2.05) is 6.07 Å². The molecule has 96 valence electrons. The topological polar surface area (TPSA) is 84.1 Å². The van der Waals surface area contributed by atoms with Crippen molar-refractivity contribution >= 4 is 23.5 Å². The molecule has 0 amide bonds. The smallest absolute Gasteiger partial charge is 0.223 e. The van der Waals surface area contributed by atoms with Crippen molar-refractivity contribution in [2.75, 3.05) is 24.2 Å². The first-order valence-corrected chi connectivity index (χ1v) is 6.69. The average Bonchev–Trinajstić information content (AvgIpc) is 2.25. The molecule has 1 aromatic rings. The number of hydrogen-bond acceptors (Lipinski definition) is 6. The summed E-state index contributed by atoms with van der Waals surface area (Å²) in [6.45, 7) is 5.21. The van der Waals surface area contributed by atoms with Crippen molar-refractivity contribution in [2.45, 2.75) is 37.0 Å². The van der Waals surface area contributed by atoms with Crippen LogP contribution in [0.15, 0.2) is 11.1 Å². The molecule has 0 spiro atoms. The molecule has 1 rings (SSSR count). The summed E-state index contributed by atoms with van der Waals surface area (Å²) in [4.78, 5) is 8.29.